The molecule has 0 spiro atoms. The first-order chi connectivity index (χ1) is 8.72. The van der Waals surface area contributed by atoms with Crippen LogP contribution < -0.4 is 0 Å². The summed E-state index contributed by atoms with van der Waals surface area (Å²) in [6.07, 6.45) is 3.50. The van der Waals surface area contributed by atoms with Crippen molar-refractivity contribution in [3.05, 3.63) is 0 Å². The van der Waals surface area contributed by atoms with E-state index in [2.05, 4.69) is 0 Å². The Morgan fingerprint density at radius 2 is 1.63 bits per heavy atom. The van der Waals surface area contributed by atoms with E-state index in [9.17, 15) is 13.2 Å². The molecule has 0 aromatic rings. The van der Waals surface area contributed by atoms with E-state index in [0.717, 1.165) is 25.7 Å². The quantitative estimate of drug-likeness (QED) is 0.662. The van der Waals surface area contributed by atoms with Crippen LogP contribution in [0.3, 0.4) is 0 Å². The molecule has 0 rings (SSSR count). The molecule has 1 amide bonds. The third-order valence-electron chi connectivity index (χ3n) is 3.12. The average molecular weight is 293 g/mol. The molecule has 0 atom stereocenters. The molecule has 0 aromatic carbocycles. The zero-order valence-corrected chi connectivity index (χ0v) is 13.2. The molecular weight excluding hydrogens is 266 g/mol. The molecule has 0 fully saturated rings. The fourth-order valence-corrected chi connectivity index (χ4v) is 2.59. The monoisotopic (exact) mass is 293 g/mol. The number of nitrogens with zero attached hydrogens (tertiary/aromatic N) is 1. The molecule has 114 valence electrons. The molecule has 0 aliphatic rings. The first-order valence-electron chi connectivity index (χ1n) is 6.98. The van der Waals surface area contributed by atoms with E-state index in [0.29, 0.717) is 0 Å². The van der Waals surface area contributed by atoms with Crippen molar-refractivity contribution < 1.29 is 17.8 Å². The average Bonchev–Trinajstić information content (AvgIpc) is 2.26. The summed E-state index contributed by atoms with van der Waals surface area (Å²) in [7, 11) is -4.03. The van der Waals surface area contributed by atoms with E-state index in [1.165, 1.54) is 0 Å². The van der Waals surface area contributed by atoms with Gasteiger partial charge in [-0.3, -0.25) is 9.35 Å². The van der Waals surface area contributed by atoms with Gasteiger partial charge in [-0.2, -0.15) is 8.42 Å². The van der Waals surface area contributed by atoms with E-state index in [1.807, 2.05) is 27.7 Å². The van der Waals surface area contributed by atoms with E-state index in [-0.39, 0.29) is 24.4 Å². The van der Waals surface area contributed by atoms with E-state index in [4.69, 9.17) is 4.55 Å². The lowest BCUT2D eigenvalue weighted by molar-refractivity contribution is -0.137. The van der Waals surface area contributed by atoms with Crippen LogP contribution in [0.2, 0.25) is 0 Å². The second kappa shape index (κ2) is 8.53. The largest absolute Gasteiger partial charge is 0.339 e. The normalized spacial score (nSPS) is 12.2. The molecule has 5 nitrogen and oxygen atoms in total. The van der Waals surface area contributed by atoms with Crippen LogP contribution >= 0.6 is 0 Å². The van der Waals surface area contributed by atoms with Gasteiger partial charge < -0.3 is 4.90 Å². The number of rotatable bonds is 9. The van der Waals surface area contributed by atoms with Crippen molar-refractivity contribution in [2.45, 2.75) is 59.4 Å². The fourth-order valence-electron chi connectivity index (χ4n) is 2.16. The summed E-state index contributed by atoms with van der Waals surface area (Å²) in [6.45, 7) is 7.84. The minimum atomic E-state index is -4.03. The third kappa shape index (κ3) is 7.52. The van der Waals surface area contributed by atoms with Gasteiger partial charge in [0.25, 0.3) is 10.1 Å². The summed E-state index contributed by atoms with van der Waals surface area (Å²) >= 11 is 0. The Morgan fingerprint density at radius 1 is 1.16 bits per heavy atom. The van der Waals surface area contributed by atoms with Gasteiger partial charge in [-0.1, -0.05) is 26.7 Å². The van der Waals surface area contributed by atoms with Crippen LogP contribution in [0.5, 0.6) is 0 Å². The zero-order valence-electron chi connectivity index (χ0n) is 12.4. The Hall–Kier alpha value is -0.620. The fraction of sp³-hybridized carbons (Fsp3) is 0.923. The van der Waals surface area contributed by atoms with Crippen LogP contribution in [-0.2, 0) is 14.9 Å². The van der Waals surface area contributed by atoms with Gasteiger partial charge in [0.15, 0.2) is 0 Å². The molecule has 6 heteroatoms. The summed E-state index contributed by atoms with van der Waals surface area (Å²) in [5.74, 6) is -0.442. The maximum atomic E-state index is 12.4. The van der Waals surface area contributed by atoms with Gasteiger partial charge in [-0.25, -0.2) is 0 Å². The van der Waals surface area contributed by atoms with Crippen molar-refractivity contribution in [2.24, 2.45) is 5.92 Å². The summed E-state index contributed by atoms with van der Waals surface area (Å²) < 4.78 is 30.4. The minimum Gasteiger partial charge on any atom is -0.339 e. The number of amides is 1. The lowest BCUT2D eigenvalue weighted by atomic mass is 9.96. The first kappa shape index (κ1) is 18.4. The molecule has 0 radical (unpaired) electrons. The third-order valence-corrected chi connectivity index (χ3v) is 3.82. The van der Waals surface area contributed by atoms with Crippen molar-refractivity contribution in [3.63, 3.8) is 0 Å². The Labute approximate surface area is 117 Å². The van der Waals surface area contributed by atoms with E-state index in [1.54, 1.807) is 4.90 Å². The molecule has 19 heavy (non-hydrogen) atoms. The lowest BCUT2D eigenvalue weighted by Crippen LogP contribution is -2.43. The van der Waals surface area contributed by atoms with Crippen molar-refractivity contribution in [2.75, 3.05) is 12.3 Å². The van der Waals surface area contributed by atoms with Crippen molar-refractivity contribution in [1.82, 2.24) is 4.90 Å². The Bertz CT molecular complexity index is 359. The highest BCUT2D eigenvalue weighted by Crippen LogP contribution is 2.18. The Kier molecular flexibility index (Phi) is 8.25. The van der Waals surface area contributed by atoms with Gasteiger partial charge in [0.1, 0.15) is 0 Å². The molecule has 0 heterocycles. The smallest absolute Gasteiger partial charge is 0.266 e. The van der Waals surface area contributed by atoms with Gasteiger partial charge in [-0.15, -0.1) is 0 Å². The van der Waals surface area contributed by atoms with Crippen LogP contribution in [-0.4, -0.2) is 42.1 Å². The zero-order chi connectivity index (χ0) is 15.1. The number of hydrogen-bond donors (Lipinski definition) is 1. The van der Waals surface area contributed by atoms with Crippen molar-refractivity contribution >= 4 is 16.0 Å². The van der Waals surface area contributed by atoms with E-state index >= 15 is 0 Å². The summed E-state index contributed by atoms with van der Waals surface area (Å²) in [5.41, 5.74) is 0. The van der Waals surface area contributed by atoms with Crippen molar-refractivity contribution in [1.29, 1.82) is 0 Å². The van der Waals surface area contributed by atoms with Crippen molar-refractivity contribution in [3.8, 4) is 0 Å². The molecule has 1 N–H and O–H groups in total. The predicted octanol–water partition coefficient (Wildman–Crippen LogP) is 2.33. The van der Waals surface area contributed by atoms with Crippen LogP contribution in [0.25, 0.3) is 0 Å². The van der Waals surface area contributed by atoms with E-state index < -0.39 is 15.9 Å². The highest BCUT2D eigenvalue weighted by Gasteiger charge is 2.25. The van der Waals surface area contributed by atoms with Gasteiger partial charge >= 0.3 is 0 Å². The van der Waals surface area contributed by atoms with Gasteiger partial charge in [-0.05, 0) is 26.7 Å². The van der Waals surface area contributed by atoms with Crippen LogP contribution in [0.1, 0.15) is 53.4 Å². The molecule has 0 saturated carbocycles. The molecule has 0 aliphatic carbocycles. The molecule has 0 unspecified atom stereocenters. The standard InChI is InChI=1S/C13H27NO4S/c1-5-7-12(8-6-2)13(15)14(11(3)4)9-10-19(16,17)18/h11-12H,5-10H2,1-4H3,(H,16,17,18). The second-order valence-corrected chi connectivity index (χ2v) is 6.76. The minimum absolute atomic E-state index is 0.00218. The van der Waals surface area contributed by atoms with Crippen LogP contribution in [0, 0.1) is 5.92 Å². The van der Waals surface area contributed by atoms with Crippen LogP contribution in [0.4, 0.5) is 0 Å². The highest BCUT2D eigenvalue weighted by atomic mass is 32.2. The molecular formula is C13H27NO4S. The van der Waals surface area contributed by atoms with Crippen LogP contribution in [0.15, 0.2) is 0 Å². The van der Waals surface area contributed by atoms with Gasteiger partial charge in [0, 0.05) is 18.5 Å². The highest BCUT2D eigenvalue weighted by molar-refractivity contribution is 7.85. The molecule has 0 aliphatic heterocycles. The van der Waals surface area contributed by atoms with Gasteiger partial charge in [0.05, 0.1) is 5.75 Å². The maximum Gasteiger partial charge on any atom is 0.266 e. The predicted molar refractivity (Wildman–Crippen MR) is 76.6 cm³/mol. The molecule has 0 bridgehead atoms. The topological polar surface area (TPSA) is 74.7 Å². The summed E-state index contributed by atoms with van der Waals surface area (Å²) in [6, 6.07) is -0.0644. The SMILES string of the molecule is CCCC(CCC)C(=O)N(CCS(=O)(=O)O)C(C)C. The number of hydrogen-bond acceptors (Lipinski definition) is 3. The molecule has 0 aromatic heterocycles. The summed E-state index contributed by atoms with van der Waals surface area (Å²) in [5, 5.41) is 0. The lowest BCUT2D eigenvalue weighted by Gasteiger charge is -2.30. The maximum absolute atomic E-state index is 12.4. The Balaban J connectivity index is 4.79. The summed E-state index contributed by atoms with van der Waals surface area (Å²) in [4.78, 5) is 14.0. The number of carbonyl (C=O) groups excluding carboxylic acids is 1. The molecule has 0 saturated heterocycles. The second-order valence-electron chi connectivity index (χ2n) is 5.19. The number of carbonyl (C=O) groups is 1. The van der Waals surface area contributed by atoms with Gasteiger partial charge in [0.2, 0.25) is 5.91 Å². The first-order valence-corrected chi connectivity index (χ1v) is 8.59. The Morgan fingerprint density at radius 3 is 1.95 bits per heavy atom.